The van der Waals surface area contributed by atoms with Crippen LogP contribution in [0.5, 0.6) is 46.0 Å². The number of carbonyl (C=O) groups is 10. The number of carboxylic acids is 1. The first-order valence-corrected chi connectivity index (χ1v) is 46.3. The lowest BCUT2D eigenvalue weighted by Gasteiger charge is -2.48. The first kappa shape index (κ1) is 104. The number of carboxylic acid groups (broad SMARTS) is 1. The number of aliphatic hydroxyl groups is 6. The number of benzene rings is 7. The monoisotopic (exact) mass is 2000 g/mol. The molecule has 138 heavy (non-hydrogen) atoms. The quantitative estimate of drug-likeness (QED) is 0.0226. The Morgan fingerprint density at radius 1 is 0.652 bits per heavy atom. The summed E-state index contributed by atoms with van der Waals surface area (Å²) in [6.07, 6.45) is -27.6. The minimum atomic E-state index is -4.68. The number of fused-ring (bicyclic) bond motifs is 15. The SMILES string of the molecule is CC(C)C[C@H](C(=O)N[C@H]1C(=O)N[C@@H](CC(N)=O)C(=O)N[C@H]2C(=O)N[C@H]3C(=O)N[C@H](C(=O)N[C@H](C(=O)O)c4cc(O)cc(O)c4-c4cc3ccc4O)[C@H](O[C@H]3C[C@](C)(N)[C@@H](O)[C@H](C)O3)c3ccc(c(Cl)c3)Oc3cc2cc(c3O[C@@H]2O[C@H](CO)[C@@H](O)[C@H](O)[C@H]2O[C@H]2C[C@](C)(NCc3ccc(-c4ccc(Cl)cc4)cc3)[C@@H](O)[C@H](C)O2)Oc2ccc(cc2Cl)[C@H]1O)N(C)C(=O)OCOC(=O)CCP(=O)(O)O. The van der Waals surface area contributed by atoms with Crippen LogP contribution in [-0.2, 0) is 87.4 Å². The molecule has 7 aromatic rings. The number of nitrogens with one attached hydrogen (secondary N) is 7. The largest absolute Gasteiger partial charge is 0.508 e. The summed E-state index contributed by atoms with van der Waals surface area (Å²) in [6.45, 7) is 7.32. The molecule has 0 saturated carbocycles. The molecule has 15 rings (SSSR count). The standard InChI is InChI=1S/C91H104Cl3N10O33P/c1-38(2)24-55(104(7)89(124)129-37-128-64(110)22-23-138(125,126)127)82(117)102-71-73(111)45-15-20-58(52(93)26-45)132-60-28-47-29-61(77(60)137-88-78(75(113)74(112)62(36-105)134-88)136-66-34-91(6,80(115)40(4)131-66)97-35-41-8-10-42(11-9-41)43-12-17-48(92)18-13-43)133-59-21-16-46(27-53(59)94)76(135-65-33-90(5,96)79(114)39(3)130-65)72-86(121)101-70(87(122)123)51-30-49(106)31-57(108)67(51)50-25-44(14-19-56(50)107)68(83(118)103-72)100-84(119)69(47)99-81(116)54(32-63(95)109)98-85(71)120/h8-21,25-31,38-40,54-55,62,65-66,68-76,78-80,88,97,105-108,111-115H,22-24,32-37,96H2,1-7H3,(H2,95,109)(H,98,120)(H,99,116)(H,100,119)(H,101,121)(H,102,117)(H,103,118)(H,122,123)(H2,125,126,127)/t39-,40-,54-,55+,62+,65-,66-,68+,69+,70-,71+,72-,73+,74+,75-,76+,78+,79-,80-,88-,90-,91-/m0/s1. The highest BCUT2D eigenvalue weighted by atomic mass is 35.5. The van der Waals surface area contributed by atoms with Gasteiger partial charge in [0.15, 0.2) is 36.2 Å². The Bertz CT molecular complexity index is 5830. The lowest BCUT2D eigenvalue weighted by molar-refractivity contribution is -0.334. The molecular formula is C91H104Cl3N10O33P. The van der Waals surface area contributed by atoms with Crippen molar-refractivity contribution >= 4 is 102 Å². The highest BCUT2D eigenvalue weighted by Crippen LogP contribution is 2.51. The van der Waals surface area contributed by atoms with Crippen molar-refractivity contribution in [2.75, 3.05) is 26.6 Å². The number of ether oxygens (including phenoxy) is 10. The summed E-state index contributed by atoms with van der Waals surface area (Å²) in [7, 11) is -3.63. The van der Waals surface area contributed by atoms with Crippen LogP contribution in [0, 0.1) is 5.92 Å². The van der Waals surface area contributed by atoms with Gasteiger partial charge in [0.25, 0.3) is 0 Å². The van der Waals surface area contributed by atoms with E-state index in [1.807, 2.05) is 36.4 Å². The molecule has 8 aliphatic rings. The van der Waals surface area contributed by atoms with Crippen molar-refractivity contribution in [1.82, 2.24) is 42.1 Å². The second-order valence-corrected chi connectivity index (χ2v) is 38.2. The number of hydrogen-bond acceptors (Lipinski definition) is 32. The Kier molecular flexibility index (Phi) is 32.3. The van der Waals surface area contributed by atoms with E-state index in [-0.39, 0.29) is 30.5 Å². The number of halogens is 3. The first-order chi connectivity index (χ1) is 65.1. The number of esters is 1. The predicted molar refractivity (Wildman–Crippen MR) is 483 cm³/mol. The van der Waals surface area contributed by atoms with Gasteiger partial charge in [-0.25, -0.2) is 9.59 Å². The summed E-state index contributed by atoms with van der Waals surface area (Å²) in [4.78, 5) is 168. The number of aliphatic carboxylic acids is 1. The van der Waals surface area contributed by atoms with Gasteiger partial charge in [-0.15, -0.1) is 0 Å². The molecule has 0 spiro atoms. The topological polar surface area (TPSA) is 662 Å². The molecule has 742 valence electrons. The highest BCUT2D eigenvalue weighted by Gasteiger charge is 2.54. The van der Waals surface area contributed by atoms with Crippen molar-refractivity contribution in [3.8, 4) is 68.2 Å². The van der Waals surface area contributed by atoms with Crippen molar-refractivity contribution in [3.63, 3.8) is 0 Å². The molecule has 8 heterocycles. The molecule has 0 radical (unpaired) electrons. The van der Waals surface area contributed by atoms with Gasteiger partial charge >= 0.3 is 25.6 Å². The lowest BCUT2D eigenvalue weighted by Crippen LogP contribution is -2.65. The second kappa shape index (κ2) is 43.0. The van der Waals surface area contributed by atoms with Gasteiger partial charge in [-0.3, -0.25) is 47.8 Å². The average molecular weight is 2000 g/mol. The van der Waals surface area contributed by atoms with Gasteiger partial charge in [0.2, 0.25) is 60.2 Å². The van der Waals surface area contributed by atoms with Crippen molar-refractivity contribution in [3.05, 3.63) is 176 Å². The molecule has 0 unspecified atom stereocenters. The van der Waals surface area contributed by atoms with E-state index < -0.39 is 329 Å². The fourth-order valence-electron chi connectivity index (χ4n) is 16.9. The summed E-state index contributed by atoms with van der Waals surface area (Å²) in [5.74, 6) is -19.3. The average Bonchev–Trinajstić information content (AvgIpc) is 0.754. The van der Waals surface area contributed by atoms with Crippen LogP contribution < -0.4 is 62.9 Å². The van der Waals surface area contributed by atoms with E-state index in [9.17, 15) is 84.6 Å². The first-order valence-electron chi connectivity index (χ1n) is 43.4. The van der Waals surface area contributed by atoms with Crippen LogP contribution in [0.4, 0.5) is 4.79 Å². The third-order valence-electron chi connectivity index (χ3n) is 24.3. The van der Waals surface area contributed by atoms with Crippen molar-refractivity contribution in [2.45, 2.75) is 213 Å². The molecule has 7 aromatic carbocycles. The van der Waals surface area contributed by atoms with E-state index in [0.717, 1.165) is 96.5 Å². The number of nitrogens with zero attached hydrogens (tertiary/aromatic N) is 1. The van der Waals surface area contributed by atoms with Crippen molar-refractivity contribution in [1.29, 1.82) is 0 Å². The predicted octanol–water partition coefficient (Wildman–Crippen LogP) is 4.41. The number of primary amides is 1. The van der Waals surface area contributed by atoms with Gasteiger partial charge in [-0.05, 0) is 146 Å². The smallest absolute Gasteiger partial charge is 0.413 e. The van der Waals surface area contributed by atoms with Gasteiger partial charge < -0.3 is 157 Å². The van der Waals surface area contributed by atoms with Crippen LogP contribution in [0.1, 0.15) is 137 Å². The van der Waals surface area contributed by atoms with Gasteiger partial charge in [0.1, 0.15) is 95.5 Å². The minimum Gasteiger partial charge on any atom is -0.508 e. The van der Waals surface area contributed by atoms with Gasteiger partial charge in [0.05, 0.1) is 60.1 Å². The Labute approximate surface area is 802 Å². The molecule has 8 amide bonds. The fraction of sp³-hybridized carbons (Fsp3) is 0.429. The molecule has 0 aliphatic carbocycles. The Balaban J connectivity index is 0.995. The maximum Gasteiger partial charge on any atom is 0.413 e. The molecule has 3 fully saturated rings. The molecule has 43 nitrogen and oxygen atoms in total. The summed E-state index contributed by atoms with van der Waals surface area (Å²) < 4.78 is 74.3. The highest BCUT2D eigenvalue weighted by molar-refractivity contribution is 7.51. The number of rotatable bonds is 24. The number of aliphatic hydroxyl groups excluding tert-OH is 6. The molecule has 11 bridgehead atoms. The van der Waals surface area contributed by atoms with E-state index >= 15 is 28.8 Å². The number of aromatic hydroxyl groups is 3. The van der Waals surface area contributed by atoms with Gasteiger partial charge in [0, 0.05) is 65.3 Å². The maximum atomic E-state index is 16.7. The van der Waals surface area contributed by atoms with E-state index in [0.29, 0.717) is 9.92 Å². The van der Waals surface area contributed by atoms with Crippen LogP contribution in [0.3, 0.4) is 0 Å². The van der Waals surface area contributed by atoms with Gasteiger partial charge in [-0.2, -0.15) is 0 Å². The molecule has 3 saturated heterocycles. The zero-order valence-electron chi connectivity index (χ0n) is 74.7. The molecule has 8 aliphatic heterocycles. The van der Waals surface area contributed by atoms with Crippen LogP contribution >= 0.6 is 42.4 Å². The summed E-state index contributed by atoms with van der Waals surface area (Å²) >= 11 is 20.9. The molecule has 47 heteroatoms. The van der Waals surface area contributed by atoms with Crippen LogP contribution in [-0.4, -0.2) is 255 Å². The van der Waals surface area contributed by atoms with Crippen LogP contribution in [0.15, 0.2) is 127 Å². The third-order valence-corrected chi connectivity index (χ3v) is 26.0. The summed E-state index contributed by atoms with van der Waals surface area (Å²) in [5.41, 5.74) is 8.96. The van der Waals surface area contributed by atoms with Gasteiger partial charge in [-0.1, -0.05) is 103 Å². The third kappa shape index (κ3) is 23.9. The zero-order chi connectivity index (χ0) is 100. The molecular weight excluding hydrogens is 1900 g/mol. The van der Waals surface area contributed by atoms with Crippen molar-refractivity contribution in [2.24, 2.45) is 17.4 Å². The van der Waals surface area contributed by atoms with E-state index in [1.54, 1.807) is 32.9 Å². The maximum absolute atomic E-state index is 16.7. The van der Waals surface area contributed by atoms with Crippen LogP contribution in [0.2, 0.25) is 15.1 Å². The number of amides is 8. The molecule has 23 N–H and O–H groups in total. The number of phenolic OH excluding ortho intramolecular Hbond substituents is 3. The fourth-order valence-corrected chi connectivity index (χ4v) is 18.0. The summed E-state index contributed by atoms with van der Waals surface area (Å²) in [5, 5.41) is 135. The van der Waals surface area contributed by atoms with E-state index in [1.165, 1.54) is 26.8 Å². The number of nitrogens with two attached hydrogens (primary N) is 2. The Morgan fingerprint density at radius 2 is 1.25 bits per heavy atom. The number of hydrogen-bond donors (Lipinski definition) is 21. The second-order valence-electron chi connectivity index (χ2n) is 35.2. The Morgan fingerprint density at radius 3 is 1.86 bits per heavy atom. The normalized spacial score (nSPS) is 28.1. The van der Waals surface area contributed by atoms with E-state index in [4.69, 9.17) is 93.6 Å². The molecule has 22 atom stereocenters. The molecule has 0 aromatic heterocycles. The zero-order valence-corrected chi connectivity index (χ0v) is 77.9. The Hall–Kier alpha value is -11.7. The lowest BCUT2D eigenvalue weighted by atomic mass is 9.84. The number of phenols is 3. The number of carbonyl (C=O) groups excluding carboxylic acids is 9. The number of likely N-dealkylation sites (N-methyl/N-ethyl adjacent to an activating group) is 1. The summed E-state index contributed by atoms with van der Waals surface area (Å²) in [6, 6.07) is 12.1. The van der Waals surface area contributed by atoms with E-state index in [2.05, 4.69) is 37.2 Å². The van der Waals surface area contributed by atoms with Crippen molar-refractivity contribution < 1.29 is 161 Å². The van der Waals surface area contributed by atoms with Crippen LogP contribution in [0.25, 0.3) is 22.3 Å². The minimum absolute atomic E-state index is 0.156.